The molecule has 18 heavy (non-hydrogen) atoms. The molecular weight excluding hydrogens is 226 g/mol. The summed E-state index contributed by atoms with van der Waals surface area (Å²) >= 11 is 0. The lowest BCUT2D eigenvalue weighted by molar-refractivity contribution is 0.343. The van der Waals surface area contributed by atoms with Crippen molar-refractivity contribution >= 4 is 6.08 Å². The zero-order valence-corrected chi connectivity index (χ0v) is 10.2. The van der Waals surface area contributed by atoms with E-state index in [0.717, 1.165) is 16.8 Å². The van der Waals surface area contributed by atoms with Gasteiger partial charge < -0.3 is 5.11 Å². The van der Waals surface area contributed by atoms with Crippen LogP contribution in [0.5, 0.6) is 0 Å². The Bertz CT molecular complexity index is 609. The van der Waals surface area contributed by atoms with E-state index in [0.29, 0.717) is 0 Å². The second-order valence-electron chi connectivity index (χ2n) is 4.09. The molecule has 0 saturated heterocycles. The predicted molar refractivity (Wildman–Crippen MR) is 72.9 cm³/mol. The maximum Gasteiger partial charge on any atom is 0.255 e. The monoisotopic (exact) mass is 241 g/mol. The van der Waals surface area contributed by atoms with Crippen LogP contribution >= 0.6 is 0 Å². The molecule has 0 amide bonds. The van der Waals surface area contributed by atoms with Crippen molar-refractivity contribution in [3.63, 3.8) is 0 Å². The summed E-state index contributed by atoms with van der Waals surface area (Å²) in [6.45, 7) is 1.92. The molecule has 0 aliphatic carbocycles. The van der Waals surface area contributed by atoms with Crippen molar-refractivity contribution in [3.8, 4) is 5.69 Å². The molecule has 92 valence electrons. The number of benzene rings is 1. The molecule has 0 atom stereocenters. The number of nitrogens with zero attached hydrogens (tertiary/aromatic N) is 1. The van der Waals surface area contributed by atoms with Gasteiger partial charge in [-0.2, -0.15) is 0 Å². The van der Waals surface area contributed by atoms with E-state index in [9.17, 15) is 4.79 Å². The first kappa shape index (κ1) is 12.3. The van der Waals surface area contributed by atoms with E-state index in [2.05, 4.69) is 0 Å². The van der Waals surface area contributed by atoms with E-state index < -0.39 is 0 Å². The maximum atomic E-state index is 11.8. The molecule has 0 bridgehead atoms. The first-order valence-corrected chi connectivity index (χ1v) is 5.78. The van der Waals surface area contributed by atoms with Gasteiger partial charge in [0.2, 0.25) is 0 Å². The molecule has 0 unspecified atom stereocenters. The lowest BCUT2D eigenvalue weighted by Gasteiger charge is -2.06. The minimum absolute atomic E-state index is 0.0270. The van der Waals surface area contributed by atoms with E-state index in [1.807, 2.05) is 43.3 Å². The van der Waals surface area contributed by atoms with Gasteiger partial charge in [0.25, 0.3) is 5.56 Å². The molecule has 0 fully saturated rings. The predicted octanol–water partition coefficient (Wildman–Crippen LogP) is 2.15. The number of hydrogen-bond donors (Lipinski definition) is 1. The summed E-state index contributed by atoms with van der Waals surface area (Å²) < 4.78 is 1.60. The highest BCUT2D eigenvalue weighted by atomic mass is 16.2. The Morgan fingerprint density at radius 3 is 2.56 bits per heavy atom. The van der Waals surface area contributed by atoms with Crippen LogP contribution in [0, 0.1) is 6.92 Å². The topological polar surface area (TPSA) is 42.2 Å². The van der Waals surface area contributed by atoms with E-state index in [4.69, 9.17) is 5.11 Å². The number of hydrogen-bond acceptors (Lipinski definition) is 2. The van der Waals surface area contributed by atoms with Gasteiger partial charge in [0.1, 0.15) is 0 Å². The third kappa shape index (κ3) is 2.76. The van der Waals surface area contributed by atoms with Crippen LogP contribution in [0.15, 0.2) is 53.5 Å². The Morgan fingerprint density at radius 1 is 1.22 bits per heavy atom. The fourth-order valence-corrected chi connectivity index (χ4v) is 1.73. The molecule has 1 heterocycles. The minimum Gasteiger partial charge on any atom is -0.392 e. The Kier molecular flexibility index (Phi) is 3.75. The molecule has 0 aliphatic rings. The summed E-state index contributed by atoms with van der Waals surface area (Å²) in [5.41, 5.74) is 2.75. The molecule has 0 spiro atoms. The maximum absolute atomic E-state index is 11.8. The van der Waals surface area contributed by atoms with Gasteiger partial charge in [-0.15, -0.1) is 0 Å². The molecule has 0 aliphatic heterocycles. The Balaban J connectivity index is 2.34. The second-order valence-corrected chi connectivity index (χ2v) is 4.09. The molecule has 1 N–H and O–H groups in total. The summed E-state index contributed by atoms with van der Waals surface area (Å²) in [4.78, 5) is 11.8. The van der Waals surface area contributed by atoms with Crippen LogP contribution in [0.3, 0.4) is 0 Å². The lowest BCUT2D eigenvalue weighted by atomic mass is 10.2. The van der Waals surface area contributed by atoms with Gasteiger partial charge in [-0.25, -0.2) is 0 Å². The van der Waals surface area contributed by atoms with E-state index in [1.54, 1.807) is 22.9 Å². The van der Waals surface area contributed by atoms with Crippen LogP contribution in [-0.4, -0.2) is 16.3 Å². The first-order valence-electron chi connectivity index (χ1n) is 5.78. The van der Waals surface area contributed by atoms with Crippen LogP contribution < -0.4 is 5.56 Å². The molecule has 1 aromatic heterocycles. The molecule has 2 aromatic rings. The standard InChI is InChI=1S/C15H15NO2/c1-12-8-9-16(15(18)11-12)14-6-4-13(5-7-14)3-2-10-17/h2-9,11,17H,10H2,1H3/b3-2+. The van der Waals surface area contributed by atoms with Gasteiger partial charge in [-0.05, 0) is 36.2 Å². The molecule has 0 radical (unpaired) electrons. The highest BCUT2D eigenvalue weighted by molar-refractivity contribution is 5.51. The van der Waals surface area contributed by atoms with Crippen LogP contribution in [-0.2, 0) is 0 Å². The van der Waals surface area contributed by atoms with E-state index >= 15 is 0 Å². The average Bonchev–Trinajstić information content (AvgIpc) is 2.37. The molecule has 3 heteroatoms. The van der Waals surface area contributed by atoms with Crippen molar-refractivity contribution in [2.24, 2.45) is 0 Å². The van der Waals surface area contributed by atoms with Gasteiger partial charge in [0, 0.05) is 18.0 Å². The van der Waals surface area contributed by atoms with Crippen molar-refractivity contribution < 1.29 is 5.11 Å². The van der Waals surface area contributed by atoms with E-state index in [1.165, 1.54) is 0 Å². The van der Waals surface area contributed by atoms with Gasteiger partial charge in [-0.3, -0.25) is 9.36 Å². The van der Waals surface area contributed by atoms with Crippen molar-refractivity contribution in [1.29, 1.82) is 0 Å². The Morgan fingerprint density at radius 2 is 1.94 bits per heavy atom. The fourth-order valence-electron chi connectivity index (χ4n) is 1.73. The molecule has 3 nitrogen and oxygen atoms in total. The summed E-state index contributed by atoms with van der Waals surface area (Å²) in [7, 11) is 0. The molecule has 0 saturated carbocycles. The van der Waals surface area contributed by atoms with Crippen LogP contribution in [0.1, 0.15) is 11.1 Å². The Labute approximate surface area is 106 Å². The number of rotatable bonds is 3. The molecular formula is C15H15NO2. The van der Waals surface area contributed by atoms with Gasteiger partial charge in [-0.1, -0.05) is 24.3 Å². The summed E-state index contributed by atoms with van der Waals surface area (Å²) in [5.74, 6) is 0. The number of aryl methyl sites for hydroxylation is 1. The quantitative estimate of drug-likeness (QED) is 0.894. The van der Waals surface area contributed by atoms with Crippen molar-refractivity contribution in [1.82, 2.24) is 4.57 Å². The second kappa shape index (κ2) is 5.47. The van der Waals surface area contributed by atoms with Gasteiger partial charge >= 0.3 is 0 Å². The number of pyridine rings is 1. The van der Waals surface area contributed by atoms with Crippen molar-refractivity contribution in [2.45, 2.75) is 6.92 Å². The summed E-state index contributed by atoms with van der Waals surface area (Å²) in [6, 6.07) is 11.1. The fraction of sp³-hybridized carbons (Fsp3) is 0.133. The van der Waals surface area contributed by atoms with Crippen molar-refractivity contribution in [2.75, 3.05) is 6.61 Å². The number of aliphatic hydroxyl groups excluding tert-OH is 1. The van der Waals surface area contributed by atoms with Crippen LogP contribution in [0.25, 0.3) is 11.8 Å². The normalized spacial score (nSPS) is 11.0. The molecule has 1 aromatic carbocycles. The van der Waals surface area contributed by atoms with Gasteiger partial charge in [0.05, 0.1) is 6.61 Å². The SMILES string of the molecule is Cc1ccn(-c2ccc(/C=C/CO)cc2)c(=O)c1. The van der Waals surface area contributed by atoms with Crippen LogP contribution in [0.4, 0.5) is 0 Å². The third-order valence-electron chi connectivity index (χ3n) is 2.66. The zero-order chi connectivity index (χ0) is 13.0. The van der Waals surface area contributed by atoms with Crippen molar-refractivity contribution in [3.05, 3.63) is 70.2 Å². The van der Waals surface area contributed by atoms with E-state index in [-0.39, 0.29) is 12.2 Å². The third-order valence-corrected chi connectivity index (χ3v) is 2.66. The Hall–Kier alpha value is -2.13. The summed E-state index contributed by atoms with van der Waals surface area (Å²) in [5, 5.41) is 8.69. The van der Waals surface area contributed by atoms with Crippen LogP contribution in [0.2, 0.25) is 0 Å². The summed E-state index contributed by atoms with van der Waals surface area (Å²) in [6.07, 6.45) is 5.28. The largest absolute Gasteiger partial charge is 0.392 e. The smallest absolute Gasteiger partial charge is 0.255 e. The highest BCUT2D eigenvalue weighted by Gasteiger charge is 1.98. The zero-order valence-electron chi connectivity index (χ0n) is 10.2. The average molecular weight is 241 g/mol. The first-order chi connectivity index (χ1) is 8.70. The number of aliphatic hydroxyl groups is 1. The highest BCUT2D eigenvalue weighted by Crippen LogP contribution is 2.09. The molecule has 2 rings (SSSR count). The minimum atomic E-state index is -0.0337. The lowest BCUT2D eigenvalue weighted by Crippen LogP contribution is -2.16. The van der Waals surface area contributed by atoms with Gasteiger partial charge in [0.15, 0.2) is 0 Å². The number of aromatic nitrogens is 1.